The fourth-order valence-electron chi connectivity index (χ4n) is 2.00. The van der Waals surface area contributed by atoms with E-state index >= 15 is 0 Å². The zero-order valence-electron chi connectivity index (χ0n) is 9.82. The Morgan fingerprint density at radius 2 is 1.94 bits per heavy atom. The zero-order chi connectivity index (χ0) is 13.3. The quantitative estimate of drug-likeness (QED) is 0.728. The van der Waals surface area contributed by atoms with Crippen molar-refractivity contribution in [3.63, 3.8) is 0 Å². The lowest BCUT2D eigenvalue weighted by molar-refractivity contribution is -0.121. The van der Waals surface area contributed by atoms with E-state index in [1.807, 2.05) is 19.1 Å². The summed E-state index contributed by atoms with van der Waals surface area (Å²) in [5, 5.41) is 6.22. The predicted octanol–water partition coefficient (Wildman–Crippen LogP) is 4.05. The fourth-order valence-corrected chi connectivity index (χ4v) is 4.46. The van der Waals surface area contributed by atoms with Crippen LogP contribution < -0.4 is 10.6 Å². The number of anilines is 1. The molecule has 1 fully saturated rings. The SMILES string of the molecule is CC1(C(=O)Nc2c(Br)cc(Br)cc2Br)CCCN1. The van der Waals surface area contributed by atoms with Crippen molar-refractivity contribution < 1.29 is 4.79 Å². The Bertz CT molecular complexity index is 461. The van der Waals surface area contributed by atoms with E-state index < -0.39 is 5.54 Å². The summed E-state index contributed by atoms with van der Waals surface area (Å²) < 4.78 is 2.64. The lowest BCUT2D eigenvalue weighted by Gasteiger charge is -2.24. The number of hydrogen-bond acceptors (Lipinski definition) is 2. The van der Waals surface area contributed by atoms with Gasteiger partial charge in [-0.15, -0.1) is 0 Å². The standard InChI is InChI=1S/C12H13Br3N2O/c1-12(3-2-4-16-12)11(18)17-10-8(14)5-7(13)6-9(10)15/h5-6,16H,2-4H2,1H3,(H,17,18). The molecule has 98 valence electrons. The third-order valence-corrected chi connectivity index (χ3v) is 4.82. The molecule has 0 radical (unpaired) electrons. The van der Waals surface area contributed by atoms with Crippen LogP contribution in [0.2, 0.25) is 0 Å². The molecule has 1 atom stereocenters. The van der Waals surface area contributed by atoms with Crippen LogP contribution in [0.25, 0.3) is 0 Å². The molecule has 1 heterocycles. The van der Waals surface area contributed by atoms with Gasteiger partial charge in [0.15, 0.2) is 0 Å². The van der Waals surface area contributed by atoms with Gasteiger partial charge >= 0.3 is 0 Å². The third kappa shape index (κ3) is 2.98. The molecule has 6 heteroatoms. The molecule has 1 aromatic carbocycles. The summed E-state index contributed by atoms with van der Waals surface area (Å²) in [6, 6.07) is 3.82. The maximum Gasteiger partial charge on any atom is 0.244 e. The van der Waals surface area contributed by atoms with Crippen LogP contribution in [0, 0.1) is 0 Å². The summed E-state index contributed by atoms with van der Waals surface area (Å²) in [5.41, 5.74) is 0.296. The molecule has 0 aromatic heterocycles. The lowest BCUT2D eigenvalue weighted by atomic mass is 9.99. The van der Waals surface area contributed by atoms with Gasteiger partial charge in [-0.05, 0) is 70.3 Å². The highest BCUT2D eigenvalue weighted by Gasteiger charge is 2.36. The predicted molar refractivity (Wildman–Crippen MR) is 83.8 cm³/mol. The highest BCUT2D eigenvalue weighted by molar-refractivity contribution is 9.11. The smallest absolute Gasteiger partial charge is 0.244 e. The van der Waals surface area contributed by atoms with Crippen molar-refractivity contribution in [1.29, 1.82) is 0 Å². The van der Waals surface area contributed by atoms with Crippen LogP contribution >= 0.6 is 47.8 Å². The van der Waals surface area contributed by atoms with Crippen molar-refractivity contribution in [3.8, 4) is 0 Å². The van der Waals surface area contributed by atoms with Crippen molar-refractivity contribution >= 4 is 59.4 Å². The number of carbonyl (C=O) groups is 1. The van der Waals surface area contributed by atoms with Gasteiger partial charge in [-0.2, -0.15) is 0 Å². The minimum absolute atomic E-state index is 0.00345. The molecule has 18 heavy (non-hydrogen) atoms. The second-order valence-electron chi connectivity index (χ2n) is 4.56. The minimum atomic E-state index is -0.466. The number of hydrogen-bond donors (Lipinski definition) is 2. The molecular formula is C12H13Br3N2O. The lowest BCUT2D eigenvalue weighted by Crippen LogP contribution is -2.48. The number of nitrogens with one attached hydrogen (secondary N) is 2. The van der Waals surface area contributed by atoms with E-state index in [1.54, 1.807) is 0 Å². The van der Waals surface area contributed by atoms with Gasteiger partial charge in [0, 0.05) is 13.4 Å². The topological polar surface area (TPSA) is 41.1 Å². The van der Waals surface area contributed by atoms with E-state index in [4.69, 9.17) is 0 Å². The van der Waals surface area contributed by atoms with Gasteiger partial charge in [-0.3, -0.25) is 4.79 Å². The molecule has 1 unspecified atom stereocenters. The fraction of sp³-hybridized carbons (Fsp3) is 0.417. The molecule has 0 bridgehead atoms. The van der Waals surface area contributed by atoms with Crippen LogP contribution in [0.1, 0.15) is 19.8 Å². The Labute approximate surface area is 131 Å². The molecule has 1 aliphatic heterocycles. The van der Waals surface area contributed by atoms with Crippen LogP contribution in [0.3, 0.4) is 0 Å². The first-order chi connectivity index (χ1) is 8.42. The largest absolute Gasteiger partial charge is 0.323 e. The van der Waals surface area contributed by atoms with E-state index in [2.05, 4.69) is 58.4 Å². The molecule has 1 amide bonds. The molecular weight excluding hydrogens is 428 g/mol. The second-order valence-corrected chi connectivity index (χ2v) is 7.19. The molecule has 2 rings (SSSR count). The van der Waals surface area contributed by atoms with E-state index in [1.165, 1.54) is 0 Å². The van der Waals surface area contributed by atoms with Crippen LogP contribution in [-0.2, 0) is 4.79 Å². The van der Waals surface area contributed by atoms with Crippen molar-refractivity contribution in [2.75, 3.05) is 11.9 Å². The summed E-state index contributed by atoms with van der Waals surface area (Å²) in [7, 11) is 0. The maximum atomic E-state index is 12.3. The Morgan fingerprint density at radius 3 is 2.44 bits per heavy atom. The Hall–Kier alpha value is 0.0900. The van der Waals surface area contributed by atoms with Crippen LogP contribution in [0.15, 0.2) is 25.6 Å². The number of benzene rings is 1. The van der Waals surface area contributed by atoms with Crippen LogP contribution in [0.5, 0.6) is 0 Å². The summed E-state index contributed by atoms with van der Waals surface area (Å²) >= 11 is 10.3. The molecule has 0 saturated carbocycles. The molecule has 1 aliphatic rings. The summed E-state index contributed by atoms with van der Waals surface area (Å²) in [4.78, 5) is 12.3. The van der Waals surface area contributed by atoms with E-state index in [9.17, 15) is 4.79 Å². The highest BCUT2D eigenvalue weighted by atomic mass is 79.9. The molecule has 1 aromatic rings. The molecule has 3 nitrogen and oxygen atoms in total. The first-order valence-electron chi connectivity index (χ1n) is 5.63. The van der Waals surface area contributed by atoms with Gasteiger partial charge in [0.1, 0.15) is 0 Å². The molecule has 2 N–H and O–H groups in total. The number of rotatable bonds is 2. The number of halogens is 3. The Balaban J connectivity index is 2.22. The number of carbonyl (C=O) groups excluding carboxylic acids is 1. The highest BCUT2D eigenvalue weighted by Crippen LogP contribution is 2.35. The summed E-state index contributed by atoms with van der Waals surface area (Å²) in [6.07, 6.45) is 1.90. The molecule has 1 saturated heterocycles. The number of amides is 1. The van der Waals surface area contributed by atoms with Gasteiger partial charge in [0.2, 0.25) is 5.91 Å². The second kappa shape index (κ2) is 5.61. The zero-order valence-corrected chi connectivity index (χ0v) is 14.6. The van der Waals surface area contributed by atoms with E-state index in [0.717, 1.165) is 38.5 Å². The van der Waals surface area contributed by atoms with Gasteiger partial charge < -0.3 is 10.6 Å². The normalized spacial score (nSPS) is 23.1. The van der Waals surface area contributed by atoms with Crippen LogP contribution in [0.4, 0.5) is 5.69 Å². The molecule has 0 aliphatic carbocycles. The third-order valence-electron chi connectivity index (χ3n) is 3.12. The maximum absolute atomic E-state index is 12.3. The first kappa shape index (κ1) is 14.5. The summed E-state index contributed by atoms with van der Waals surface area (Å²) in [5.74, 6) is 0.00345. The van der Waals surface area contributed by atoms with Crippen molar-refractivity contribution in [2.45, 2.75) is 25.3 Å². The van der Waals surface area contributed by atoms with Gasteiger partial charge in [0.25, 0.3) is 0 Å². The van der Waals surface area contributed by atoms with Gasteiger partial charge in [0.05, 0.1) is 11.2 Å². The summed E-state index contributed by atoms with van der Waals surface area (Å²) in [6.45, 7) is 2.84. The molecule has 0 spiro atoms. The minimum Gasteiger partial charge on any atom is -0.323 e. The first-order valence-corrected chi connectivity index (χ1v) is 8.01. The Morgan fingerprint density at radius 1 is 1.33 bits per heavy atom. The Kier molecular flexibility index (Phi) is 4.52. The van der Waals surface area contributed by atoms with Crippen LogP contribution in [-0.4, -0.2) is 18.0 Å². The average Bonchev–Trinajstić information content (AvgIpc) is 2.71. The van der Waals surface area contributed by atoms with Crippen molar-refractivity contribution in [3.05, 3.63) is 25.6 Å². The van der Waals surface area contributed by atoms with E-state index in [0.29, 0.717) is 0 Å². The van der Waals surface area contributed by atoms with Crippen molar-refractivity contribution in [1.82, 2.24) is 5.32 Å². The monoisotopic (exact) mass is 438 g/mol. The van der Waals surface area contributed by atoms with E-state index in [-0.39, 0.29) is 5.91 Å². The average molecular weight is 441 g/mol. The van der Waals surface area contributed by atoms with Gasteiger partial charge in [-0.25, -0.2) is 0 Å². The van der Waals surface area contributed by atoms with Crippen molar-refractivity contribution in [2.24, 2.45) is 0 Å². The van der Waals surface area contributed by atoms with Gasteiger partial charge in [-0.1, -0.05) is 15.9 Å².